The molecule has 0 spiro atoms. The van der Waals surface area contributed by atoms with Crippen molar-refractivity contribution in [1.29, 1.82) is 0 Å². The lowest BCUT2D eigenvalue weighted by atomic mass is 9.72. The predicted octanol–water partition coefficient (Wildman–Crippen LogP) is 7.40. The minimum atomic E-state index is -2.23. The summed E-state index contributed by atoms with van der Waals surface area (Å²) in [4.78, 5) is 7.50. The monoisotopic (exact) mass is 626 g/mol. The Bertz CT molecular complexity index is 1610. The number of rotatable bonds is 10. The van der Waals surface area contributed by atoms with Crippen molar-refractivity contribution in [3.63, 3.8) is 0 Å². The molecule has 1 unspecified atom stereocenters. The lowest BCUT2D eigenvalue weighted by Gasteiger charge is -2.53. The fraction of sp³-hybridized carbons (Fsp3) is 0.325. The fourth-order valence-electron chi connectivity index (χ4n) is 8.42. The highest BCUT2D eigenvalue weighted by Gasteiger charge is 2.47. The molecule has 4 aromatic carbocycles. The van der Waals surface area contributed by atoms with E-state index in [-0.39, 0.29) is 6.10 Å². The minimum Gasteiger partial charge on any atom is -0.409 e. The molecule has 3 aliphatic heterocycles. The first-order chi connectivity index (χ1) is 21.9. The van der Waals surface area contributed by atoms with E-state index in [4.69, 9.17) is 9.41 Å². The van der Waals surface area contributed by atoms with Crippen LogP contribution in [0.4, 0.5) is 0 Å². The van der Waals surface area contributed by atoms with Gasteiger partial charge in [-0.15, -0.1) is 0 Å². The van der Waals surface area contributed by atoms with Crippen LogP contribution in [0, 0.1) is 11.8 Å². The summed E-state index contributed by atoms with van der Waals surface area (Å²) in [6, 6.07) is 46.8. The first kappa shape index (κ1) is 30.3. The van der Waals surface area contributed by atoms with Gasteiger partial charge in [0.2, 0.25) is 0 Å². The van der Waals surface area contributed by atoms with Crippen LogP contribution in [0.2, 0.25) is 25.7 Å². The molecule has 1 aromatic heterocycles. The Morgan fingerprint density at radius 3 is 1.89 bits per heavy atom. The summed E-state index contributed by atoms with van der Waals surface area (Å²) in [7, 11) is -4.05. The minimum absolute atomic E-state index is 0.0831. The van der Waals surface area contributed by atoms with Gasteiger partial charge in [0.1, 0.15) is 8.07 Å². The first-order valence-corrected chi connectivity index (χ1v) is 22.5. The third-order valence-corrected chi connectivity index (χ3v) is 16.4. The molecule has 4 heterocycles. The fourth-order valence-corrected chi connectivity index (χ4v) is 14.4. The molecule has 0 aliphatic carbocycles. The van der Waals surface area contributed by atoms with E-state index in [9.17, 15) is 0 Å². The van der Waals surface area contributed by atoms with Crippen molar-refractivity contribution >= 4 is 42.9 Å². The van der Waals surface area contributed by atoms with E-state index < -0.39 is 16.4 Å². The Morgan fingerprint density at radius 2 is 1.33 bits per heavy atom. The molecule has 8 rings (SSSR count). The number of piperidine rings is 3. The van der Waals surface area contributed by atoms with Crippen LogP contribution in [0.25, 0.3) is 10.9 Å². The molecule has 3 saturated heterocycles. The zero-order valence-electron chi connectivity index (χ0n) is 27.0. The zero-order chi connectivity index (χ0) is 30.9. The molecule has 0 radical (unpaired) electrons. The van der Waals surface area contributed by atoms with Crippen molar-refractivity contribution in [3.8, 4) is 0 Å². The molecule has 0 N–H and O–H groups in total. The lowest BCUT2D eigenvalue weighted by molar-refractivity contribution is -0.0506. The van der Waals surface area contributed by atoms with Crippen LogP contribution in [-0.4, -0.2) is 45.4 Å². The number of para-hydroxylation sites is 1. The van der Waals surface area contributed by atoms with E-state index >= 15 is 0 Å². The SMILES string of the molecule is C[Si](C)(C)O[C@H](c1ccnc2ccccc12)[C@@H]1C[C@@H]2CCN1C[C@@H]2CC[Si](c1ccccc1)(c1ccccc1)c1ccccc1. The number of hydrogen-bond acceptors (Lipinski definition) is 3. The Hall–Kier alpha value is -3.36. The van der Waals surface area contributed by atoms with Gasteiger partial charge in [-0.2, -0.15) is 0 Å². The second-order valence-corrected chi connectivity index (χ2v) is 22.7. The van der Waals surface area contributed by atoms with Gasteiger partial charge in [-0.3, -0.25) is 9.88 Å². The van der Waals surface area contributed by atoms with Gasteiger partial charge < -0.3 is 4.43 Å². The van der Waals surface area contributed by atoms with Gasteiger partial charge in [0, 0.05) is 24.2 Å². The van der Waals surface area contributed by atoms with Crippen molar-refractivity contribution in [3.05, 3.63) is 133 Å². The summed E-state index contributed by atoms with van der Waals surface area (Å²) in [6.07, 6.45) is 5.84. The number of pyridine rings is 1. The van der Waals surface area contributed by atoms with Crippen molar-refractivity contribution in [2.75, 3.05) is 13.1 Å². The van der Waals surface area contributed by atoms with Crippen LogP contribution >= 0.6 is 0 Å². The Kier molecular flexibility index (Phi) is 8.62. The molecule has 45 heavy (non-hydrogen) atoms. The molecule has 5 heteroatoms. The highest BCUT2D eigenvalue weighted by Crippen LogP contribution is 2.45. The summed E-state index contributed by atoms with van der Waals surface area (Å²) < 4.78 is 7.12. The van der Waals surface area contributed by atoms with Gasteiger partial charge in [0.15, 0.2) is 8.32 Å². The molecule has 5 aromatic rings. The maximum Gasteiger partial charge on any atom is 0.184 e. The van der Waals surface area contributed by atoms with Crippen LogP contribution < -0.4 is 15.6 Å². The van der Waals surface area contributed by atoms with E-state index in [1.165, 1.54) is 64.9 Å². The largest absolute Gasteiger partial charge is 0.409 e. The predicted molar refractivity (Wildman–Crippen MR) is 194 cm³/mol. The second kappa shape index (κ2) is 12.8. The Labute approximate surface area is 271 Å². The highest BCUT2D eigenvalue weighted by molar-refractivity contribution is 7.11. The van der Waals surface area contributed by atoms with Gasteiger partial charge in [-0.05, 0) is 90.2 Å². The maximum atomic E-state index is 7.12. The van der Waals surface area contributed by atoms with Crippen molar-refractivity contribution in [1.82, 2.24) is 9.88 Å². The van der Waals surface area contributed by atoms with Crippen molar-refractivity contribution in [2.24, 2.45) is 11.8 Å². The van der Waals surface area contributed by atoms with Gasteiger partial charge in [-0.1, -0.05) is 116 Å². The van der Waals surface area contributed by atoms with Crippen LogP contribution in [0.1, 0.15) is 30.9 Å². The first-order valence-electron chi connectivity index (χ1n) is 16.8. The molecule has 2 bridgehead atoms. The van der Waals surface area contributed by atoms with Gasteiger partial charge >= 0.3 is 0 Å². The highest BCUT2D eigenvalue weighted by atomic mass is 28.4. The van der Waals surface area contributed by atoms with E-state index in [1.807, 2.05) is 6.20 Å². The number of hydrogen-bond donors (Lipinski definition) is 0. The molecule has 3 aliphatic rings. The summed E-state index contributed by atoms with van der Waals surface area (Å²) in [5.41, 5.74) is 2.39. The van der Waals surface area contributed by atoms with Crippen LogP contribution in [0.5, 0.6) is 0 Å². The van der Waals surface area contributed by atoms with Gasteiger partial charge in [-0.25, -0.2) is 0 Å². The summed E-state index contributed by atoms with van der Waals surface area (Å²) in [5, 5.41) is 5.81. The summed E-state index contributed by atoms with van der Waals surface area (Å²) in [6.45, 7) is 9.36. The standard InChI is InChI=1S/C40H46N2OSi2/c1-44(2,3)43-40(37-23-26-41-38-22-14-13-21-36(37)38)39-29-31-24-27-42(39)30-32(31)25-28-45(33-15-7-4-8-16-33,34-17-9-5-10-18-34)35-19-11-6-12-20-35/h4-23,26,31-32,39-40H,24-25,27-30H2,1-3H3/t31-,32-,39-,40+/m0/s1. The van der Waals surface area contributed by atoms with E-state index in [1.54, 1.807) is 0 Å². The average Bonchev–Trinajstić information content (AvgIpc) is 3.09. The molecule has 5 atom stereocenters. The van der Waals surface area contributed by atoms with Crippen LogP contribution in [0.3, 0.4) is 0 Å². The number of fused-ring (bicyclic) bond motifs is 4. The normalized spacial score (nSPS) is 22.4. The topological polar surface area (TPSA) is 25.4 Å². The maximum absolute atomic E-state index is 7.12. The third kappa shape index (κ3) is 6.11. The van der Waals surface area contributed by atoms with E-state index in [0.29, 0.717) is 12.0 Å². The smallest absolute Gasteiger partial charge is 0.184 e. The van der Waals surface area contributed by atoms with E-state index in [2.05, 4.69) is 146 Å². The molecular formula is C40H46N2OSi2. The molecule has 230 valence electrons. The summed E-state index contributed by atoms with van der Waals surface area (Å²) in [5.74, 6) is 1.44. The Balaban J connectivity index is 1.20. The number of aromatic nitrogens is 1. The van der Waals surface area contributed by atoms with Crippen LogP contribution in [0.15, 0.2) is 128 Å². The van der Waals surface area contributed by atoms with Gasteiger partial charge in [0.25, 0.3) is 0 Å². The average molecular weight is 627 g/mol. The number of benzene rings is 4. The molecule has 3 fully saturated rings. The summed E-state index contributed by atoms with van der Waals surface area (Å²) >= 11 is 0. The molecular weight excluding hydrogens is 581 g/mol. The van der Waals surface area contributed by atoms with Crippen molar-refractivity contribution in [2.45, 2.75) is 57.1 Å². The lowest BCUT2D eigenvalue weighted by Crippen LogP contribution is -2.67. The quantitative estimate of drug-likeness (QED) is 0.119. The molecule has 3 nitrogen and oxygen atoms in total. The van der Waals surface area contributed by atoms with Crippen molar-refractivity contribution < 1.29 is 4.43 Å². The molecule has 0 amide bonds. The van der Waals surface area contributed by atoms with Gasteiger partial charge in [0.05, 0.1) is 11.6 Å². The second-order valence-electron chi connectivity index (χ2n) is 14.2. The van der Waals surface area contributed by atoms with E-state index in [0.717, 1.165) is 11.4 Å². The zero-order valence-corrected chi connectivity index (χ0v) is 29.0. The Morgan fingerprint density at radius 1 is 0.756 bits per heavy atom. The van der Waals surface area contributed by atoms with Crippen LogP contribution in [-0.2, 0) is 4.43 Å². The third-order valence-electron chi connectivity index (χ3n) is 10.4. The number of nitrogens with zero attached hydrogens (tertiary/aromatic N) is 2. The molecule has 0 saturated carbocycles.